The quantitative estimate of drug-likeness (QED) is 0.797. The fourth-order valence-electron chi connectivity index (χ4n) is 2.27. The van der Waals surface area contributed by atoms with Gasteiger partial charge in [0.25, 0.3) is 0 Å². The minimum absolute atomic E-state index is 0.367. The summed E-state index contributed by atoms with van der Waals surface area (Å²) in [4.78, 5) is 11.9. The zero-order valence-corrected chi connectivity index (χ0v) is 14.6. The molecule has 1 atom stereocenters. The van der Waals surface area contributed by atoms with Gasteiger partial charge in [-0.3, -0.25) is 4.79 Å². The Morgan fingerprint density at radius 1 is 1.04 bits per heavy atom. The molecule has 1 unspecified atom stereocenters. The molecule has 0 radical (unpaired) electrons. The van der Waals surface area contributed by atoms with Crippen LogP contribution in [0.2, 0.25) is 0 Å². The van der Waals surface area contributed by atoms with Gasteiger partial charge in [-0.2, -0.15) is 0 Å². The molecule has 0 saturated heterocycles. The Morgan fingerprint density at radius 2 is 1.67 bits per heavy atom. The predicted molar refractivity (Wildman–Crippen MR) is 97.7 cm³/mol. The van der Waals surface area contributed by atoms with Crippen molar-refractivity contribution >= 4 is 11.7 Å². The summed E-state index contributed by atoms with van der Waals surface area (Å²) in [5.41, 5.74) is 8.70. The number of carbonyl (C=O) groups excluding carboxylic acids is 1. The van der Waals surface area contributed by atoms with Crippen LogP contribution in [0.3, 0.4) is 0 Å². The topological polar surface area (TPSA) is 64.3 Å². The van der Waals surface area contributed by atoms with Gasteiger partial charge in [-0.15, -0.1) is 0 Å². The third-order valence-corrected chi connectivity index (χ3v) is 3.46. The molecule has 0 amide bonds. The standard InChI is InChI=1S/C20H26N2O2/c1-20(2,3)24-19(23)18(21)13-15-9-11-17(12-10-15)22-14-16-7-5-4-6-8-16/h4-12,18,22H,13-14,21H2,1-3H3. The van der Waals surface area contributed by atoms with Gasteiger partial charge in [0, 0.05) is 12.2 Å². The van der Waals surface area contributed by atoms with Crippen LogP contribution in [0.5, 0.6) is 0 Å². The highest BCUT2D eigenvalue weighted by molar-refractivity contribution is 5.76. The zero-order valence-electron chi connectivity index (χ0n) is 14.6. The number of nitrogens with two attached hydrogens (primary N) is 1. The Balaban J connectivity index is 1.86. The maximum absolute atomic E-state index is 11.9. The molecule has 2 aromatic carbocycles. The molecule has 0 bridgehead atoms. The van der Waals surface area contributed by atoms with Crippen LogP contribution in [0.4, 0.5) is 5.69 Å². The van der Waals surface area contributed by atoms with E-state index in [-0.39, 0.29) is 5.97 Å². The first-order valence-corrected chi connectivity index (χ1v) is 8.19. The van der Waals surface area contributed by atoms with Gasteiger partial charge in [0.2, 0.25) is 0 Å². The predicted octanol–water partition coefficient (Wildman–Crippen LogP) is 3.51. The Labute approximate surface area is 144 Å². The third kappa shape index (κ3) is 6.05. The van der Waals surface area contributed by atoms with Crippen molar-refractivity contribution in [3.05, 3.63) is 65.7 Å². The molecule has 0 aliphatic carbocycles. The average molecular weight is 326 g/mol. The van der Waals surface area contributed by atoms with E-state index in [2.05, 4.69) is 17.4 Å². The Morgan fingerprint density at radius 3 is 2.25 bits per heavy atom. The first-order chi connectivity index (χ1) is 11.3. The molecule has 0 fully saturated rings. The second-order valence-electron chi connectivity index (χ2n) is 6.88. The molecule has 4 heteroatoms. The molecule has 0 saturated carbocycles. The second kappa shape index (κ2) is 7.97. The molecule has 0 heterocycles. The molecule has 128 valence electrons. The molecule has 0 aliphatic heterocycles. The summed E-state index contributed by atoms with van der Waals surface area (Å²) in [6.07, 6.45) is 0.466. The number of rotatable bonds is 6. The Bertz CT molecular complexity index is 646. The summed E-state index contributed by atoms with van der Waals surface area (Å²) in [7, 11) is 0. The van der Waals surface area contributed by atoms with Crippen LogP contribution in [-0.4, -0.2) is 17.6 Å². The minimum Gasteiger partial charge on any atom is -0.459 e. The molecule has 0 aromatic heterocycles. The van der Waals surface area contributed by atoms with E-state index in [1.807, 2.05) is 63.2 Å². The molecular formula is C20H26N2O2. The maximum Gasteiger partial charge on any atom is 0.323 e. The highest BCUT2D eigenvalue weighted by Gasteiger charge is 2.22. The molecule has 3 N–H and O–H groups in total. The second-order valence-corrected chi connectivity index (χ2v) is 6.88. The summed E-state index contributed by atoms with van der Waals surface area (Å²) >= 11 is 0. The molecule has 0 aliphatic rings. The van der Waals surface area contributed by atoms with Crippen molar-refractivity contribution in [3.63, 3.8) is 0 Å². The lowest BCUT2D eigenvalue weighted by molar-refractivity contribution is -0.156. The van der Waals surface area contributed by atoms with E-state index >= 15 is 0 Å². The number of esters is 1. The van der Waals surface area contributed by atoms with Crippen LogP contribution < -0.4 is 11.1 Å². The fraction of sp³-hybridized carbons (Fsp3) is 0.350. The first kappa shape index (κ1) is 18.0. The minimum atomic E-state index is -0.646. The SMILES string of the molecule is CC(C)(C)OC(=O)C(N)Cc1ccc(NCc2ccccc2)cc1. The number of ether oxygens (including phenoxy) is 1. The lowest BCUT2D eigenvalue weighted by Gasteiger charge is -2.22. The van der Waals surface area contributed by atoms with Crippen molar-refractivity contribution in [2.45, 2.75) is 45.4 Å². The Hall–Kier alpha value is -2.33. The number of hydrogen-bond donors (Lipinski definition) is 2. The lowest BCUT2D eigenvalue weighted by Crippen LogP contribution is -2.38. The summed E-state index contributed by atoms with van der Waals surface area (Å²) < 4.78 is 5.31. The number of carbonyl (C=O) groups is 1. The fourth-order valence-corrected chi connectivity index (χ4v) is 2.27. The summed E-state index contributed by atoms with van der Waals surface area (Å²) in [6, 6.07) is 17.5. The van der Waals surface area contributed by atoms with Crippen LogP contribution in [0.1, 0.15) is 31.9 Å². The van der Waals surface area contributed by atoms with Crippen LogP contribution in [0, 0.1) is 0 Å². The van der Waals surface area contributed by atoms with Crippen molar-refractivity contribution in [1.82, 2.24) is 0 Å². The van der Waals surface area contributed by atoms with E-state index in [0.717, 1.165) is 17.8 Å². The molecule has 4 nitrogen and oxygen atoms in total. The normalized spacial score (nSPS) is 12.5. The number of benzene rings is 2. The van der Waals surface area contributed by atoms with Crippen LogP contribution in [0.25, 0.3) is 0 Å². The summed E-state index contributed by atoms with van der Waals surface area (Å²) in [6.45, 7) is 6.29. The third-order valence-electron chi connectivity index (χ3n) is 3.46. The van der Waals surface area contributed by atoms with Crippen LogP contribution in [-0.2, 0) is 22.5 Å². The summed E-state index contributed by atoms with van der Waals surface area (Å²) in [5, 5.41) is 3.37. The van der Waals surface area contributed by atoms with E-state index in [1.165, 1.54) is 5.56 Å². The first-order valence-electron chi connectivity index (χ1n) is 8.19. The van der Waals surface area contributed by atoms with E-state index in [9.17, 15) is 4.79 Å². The highest BCUT2D eigenvalue weighted by Crippen LogP contribution is 2.14. The largest absolute Gasteiger partial charge is 0.459 e. The summed E-state index contributed by atoms with van der Waals surface area (Å²) in [5.74, 6) is -0.367. The van der Waals surface area contributed by atoms with Gasteiger partial charge < -0.3 is 15.8 Å². The van der Waals surface area contributed by atoms with Gasteiger partial charge in [0.1, 0.15) is 11.6 Å². The van der Waals surface area contributed by atoms with Crippen LogP contribution >= 0.6 is 0 Å². The zero-order chi connectivity index (χ0) is 17.6. The van der Waals surface area contributed by atoms with Crippen molar-refractivity contribution in [1.29, 1.82) is 0 Å². The van der Waals surface area contributed by atoms with Crippen molar-refractivity contribution < 1.29 is 9.53 Å². The molecule has 2 rings (SSSR count). The number of anilines is 1. The highest BCUT2D eigenvalue weighted by atomic mass is 16.6. The van der Waals surface area contributed by atoms with Gasteiger partial charge in [-0.1, -0.05) is 42.5 Å². The molecule has 24 heavy (non-hydrogen) atoms. The number of nitrogens with one attached hydrogen (secondary N) is 1. The van der Waals surface area contributed by atoms with Crippen molar-refractivity contribution in [2.75, 3.05) is 5.32 Å². The van der Waals surface area contributed by atoms with Gasteiger partial charge in [-0.05, 0) is 50.5 Å². The maximum atomic E-state index is 11.9. The van der Waals surface area contributed by atoms with Gasteiger partial charge in [-0.25, -0.2) is 0 Å². The van der Waals surface area contributed by atoms with Crippen molar-refractivity contribution in [2.24, 2.45) is 5.73 Å². The van der Waals surface area contributed by atoms with Gasteiger partial charge >= 0.3 is 5.97 Å². The number of hydrogen-bond acceptors (Lipinski definition) is 4. The van der Waals surface area contributed by atoms with E-state index in [0.29, 0.717) is 6.42 Å². The smallest absolute Gasteiger partial charge is 0.323 e. The monoisotopic (exact) mass is 326 g/mol. The van der Waals surface area contributed by atoms with Crippen molar-refractivity contribution in [3.8, 4) is 0 Å². The Kier molecular flexibility index (Phi) is 5.99. The molecule has 2 aromatic rings. The van der Waals surface area contributed by atoms with Gasteiger partial charge in [0.15, 0.2) is 0 Å². The molecular weight excluding hydrogens is 300 g/mol. The molecule has 0 spiro atoms. The van der Waals surface area contributed by atoms with E-state index < -0.39 is 11.6 Å². The lowest BCUT2D eigenvalue weighted by atomic mass is 10.1. The van der Waals surface area contributed by atoms with Gasteiger partial charge in [0.05, 0.1) is 0 Å². The van der Waals surface area contributed by atoms with E-state index in [4.69, 9.17) is 10.5 Å². The van der Waals surface area contributed by atoms with Crippen LogP contribution in [0.15, 0.2) is 54.6 Å². The average Bonchev–Trinajstić information content (AvgIpc) is 2.53. The van der Waals surface area contributed by atoms with E-state index in [1.54, 1.807) is 0 Å².